The molecule has 0 aliphatic rings. The smallest absolute Gasteiger partial charge is 0.408 e. The van der Waals surface area contributed by atoms with Gasteiger partial charge in [-0.3, -0.25) is 9.78 Å². The van der Waals surface area contributed by atoms with Crippen LogP contribution in [0, 0.1) is 0 Å². The van der Waals surface area contributed by atoms with Crippen molar-refractivity contribution in [1.29, 1.82) is 0 Å². The van der Waals surface area contributed by atoms with E-state index in [0.717, 1.165) is 0 Å². The second kappa shape index (κ2) is 6.25. The molecule has 0 saturated carbocycles. The summed E-state index contributed by atoms with van der Waals surface area (Å²) in [6.07, 6.45) is 0. The Morgan fingerprint density at radius 3 is 2.61 bits per heavy atom. The van der Waals surface area contributed by atoms with Crippen molar-refractivity contribution in [3.8, 4) is 0 Å². The number of nitrogens with one attached hydrogen (secondary N) is 2. The lowest BCUT2D eigenvalue weighted by molar-refractivity contribution is 0.102. The standard InChI is InChI=1S/C15H10F2N2O3S/c16-14(17)23-10-4-1-8(2-5-10)13(20)18-9-3-6-12-11(7-9)19-15(21)22-12/h1-7,14H,(H,18,20)(H,19,21). The first-order valence-corrected chi connectivity index (χ1v) is 7.38. The average Bonchev–Trinajstić information content (AvgIpc) is 2.86. The maximum Gasteiger partial charge on any atom is 0.417 e. The number of aromatic amines is 1. The van der Waals surface area contributed by atoms with Crippen LogP contribution < -0.4 is 11.1 Å². The Labute approximate surface area is 132 Å². The van der Waals surface area contributed by atoms with Gasteiger partial charge in [0.1, 0.15) is 0 Å². The molecule has 5 nitrogen and oxygen atoms in total. The van der Waals surface area contributed by atoms with E-state index >= 15 is 0 Å². The third-order valence-corrected chi connectivity index (χ3v) is 3.74. The molecule has 3 rings (SSSR count). The minimum atomic E-state index is -2.50. The Balaban J connectivity index is 1.75. The Morgan fingerprint density at radius 2 is 1.91 bits per heavy atom. The van der Waals surface area contributed by atoms with Crippen LogP contribution in [0.4, 0.5) is 14.5 Å². The number of anilines is 1. The van der Waals surface area contributed by atoms with Gasteiger partial charge in [0.15, 0.2) is 5.58 Å². The van der Waals surface area contributed by atoms with E-state index in [4.69, 9.17) is 4.42 Å². The van der Waals surface area contributed by atoms with Gasteiger partial charge in [-0.1, -0.05) is 11.8 Å². The zero-order chi connectivity index (χ0) is 16.4. The van der Waals surface area contributed by atoms with E-state index in [-0.39, 0.29) is 5.91 Å². The number of oxazole rings is 1. The van der Waals surface area contributed by atoms with E-state index in [0.29, 0.717) is 39.0 Å². The van der Waals surface area contributed by atoms with Gasteiger partial charge in [0.2, 0.25) is 0 Å². The highest BCUT2D eigenvalue weighted by atomic mass is 32.2. The molecule has 0 radical (unpaired) electrons. The highest BCUT2D eigenvalue weighted by Crippen LogP contribution is 2.25. The number of fused-ring (bicyclic) bond motifs is 1. The lowest BCUT2D eigenvalue weighted by Gasteiger charge is -2.06. The fourth-order valence-electron chi connectivity index (χ4n) is 2.02. The van der Waals surface area contributed by atoms with E-state index < -0.39 is 11.5 Å². The van der Waals surface area contributed by atoms with Gasteiger partial charge < -0.3 is 9.73 Å². The van der Waals surface area contributed by atoms with Crippen molar-refractivity contribution in [2.24, 2.45) is 0 Å². The van der Waals surface area contributed by atoms with E-state index in [1.54, 1.807) is 18.2 Å². The fraction of sp³-hybridized carbons (Fsp3) is 0.0667. The molecule has 0 bridgehead atoms. The number of benzene rings is 2. The summed E-state index contributed by atoms with van der Waals surface area (Å²) in [6.45, 7) is 0. The molecular formula is C15H10F2N2O3S. The minimum absolute atomic E-state index is 0.337. The van der Waals surface area contributed by atoms with Gasteiger partial charge in [0.05, 0.1) is 5.52 Å². The second-order valence-electron chi connectivity index (χ2n) is 4.58. The maximum atomic E-state index is 12.2. The molecule has 0 saturated heterocycles. The summed E-state index contributed by atoms with van der Waals surface area (Å²) in [4.78, 5) is 26.1. The Hall–Kier alpha value is -2.61. The first-order chi connectivity index (χ1) is 11.0. The number of amides is 1. The Kier molecular flexibility index (Phi) is 4.16. The molecule has 1 aromatic heterocycles. The van der Waals surface area contributed by atoms with E-state index in [1.807, 2.05) is 0 Å². The second-order valence-corrected chi connectivity index (χ2v) is 5.65. The van der Waals surface area contributed by atoms with Crippen LogP contribution in [0.3, 0.4) is 0 Å². The summed E-state index contributed by atoms with van der Waals surface area (Å²) in [5, 5.41) is 2.66. The molecule has 0 unspecified atom stereocenters. The maximum absolute atomic E-state index is 12.2. The summed E-state index contributed by atoms with van der Waals surface area (Å²) in [5.41, 5.74) is 1.67. The van der Waals surface area contributed by atoms with Crippen molar-refractivity contribution in [1.82, 2.24) is 4.98 Å². The van der Waals surface area contributed by atoms with Crippen LogP contribution in [0.5, 0.6) is 0 Å². The van der Waals surface area contributed by atoms with E-state index in [9.17, 15) is 18.4 Å². The Morgan fingerprint density at radius 1 is 1.17 bits per heavy atom. The number of aromatic nitrogens is 1. The lowest BCUT2D eigenvalue weighted by atomic mass is 10.2. The molecule has 118 valence electrons. The molecule has 2 N–H and O–H groups in total. The number of hydrogen-bond donors (Lipinski definition) is 2. The van der Waals surface area contributed by atoms with Crippen LogP contribution in [0.2, 0.25) is 0 Å². The molecule has 1 amide bonds. The van der Waals surface area contributed by atoms with Gasteiger partial charge in [-0.15, -0.1) is 0 Å². The molecule has 1 heterocycles. The normalized spacial score (nSPS) is 11.1. The van der Waals surface area contributed by atoms with Crippen LogP contribution in [-0.4, -0.2) is 16.6 Å². The van der Waals surface area contributed by atoms with Crippen LogP contribution in [0.25, 0.3) is 11.1 Å². The van der Waals surface area contributed by atoms with Gasteiger partial charge in [0.25, 0.3) is 11.7 Å². The molecule has 0 aliphatic heterocycles. The molecule has 0 spiro atoms. The van der Waals surface area contributed by atoms with Crippen LogP contribution in [-0.2, 0) is 0 Å². The third kappa shape index (κ3) is 3.59. The molecular weight excluding hydrogens is 326 g/mol. The number of halogens is 2. The summed E-state index contributed by atoms with van der Waals surface area (Å²) < 4.78 is 29.4. The predicted octanol–water partition coefficient (Wildman–Crippen LogP) is 3.69. The van der Waals surface area contributed by atoms with Crippen molar-refractivity contribution < 1.29 is 18.0 Å². The van der Waals surface area contributed by atoms with Gasteiger partial charge >= 0.3 is 5.76 Å². The molecule has 0 fully saturated rings. The number of carbonyl (C=O) groups is 1. The number of hydrogen-bond acceptors (Lipinski definition) is 4. The summed E-state index contributed by atoms with van der Waals surface area (Å²) in [6, 6.07) is 10.6. The van der Waals surface area contributed by atoms with Crippen LogP contribution in [0.15, 0.2) is 56.6 Å². The molecule has 8 heteroatoms. The monoisotopic (exact) mass is 336 g/mol. The fourth-order valence-corrected chi connectivity index (χ4v) is 2.52. The summed E-state index contributed by atoms with van der Waals surface area (Å²) in [7, 11) is 0. The largest absolute Gasteiger partial charge is 0.417 e. The molecule has 2 aromatic carbocycles. The predicted molar refractivity (Wildman–Crippen MR) is 83.1 cm³/mol. The summed E-state index contributed by atoms with van der Waals surface area (Å²) in [5.74, 6) is -3.46. The average molecular weight is 336 g/mol. The molecule has 0 atom stereocenters. The topological polar surface area (TPSA) is 75.1 Å². The third-order valence-electron chi connectivity index (χ3n) is 3.02. The quantitative estimate of drug-likeness (QED) is 0.713. The summed E-state index contributed by atoms with van der Waals surface area (Å²) >= 11 is 0.417. The van der Waals surface area contributed by atoms with Gasteiger partial charge in [-0.05, 0) is 42.5 Å². The van der Waals surface area contributed by atoms with Crippen LogP contribution in [0.1, 0.15) is 10.4 Å². The van der Waals surface area contributed by atoms with Crippen molar-refractivity contribution in [2.45, 2.75) is 10.7 Å². The number of carbonyl (C=O) groups excluding carboxylic acids is 1. The SMILES string of the molecule is O=C(Nc1ccc2oc(=O)[nH]c2c1)c1ccc(SC(F)F)cc1. The highest BCUT2D eigenvalue weighted by Gasteiger charge is 2.10. The first-order valence-electron chi connectivity index (χ1n) is 6.50. The number of thioether (sulfide) groups is 1. The highest BCUT2D eigenvalue weighted by molar-refractivity contribution is 7.99. The zero-order valence-electron chi connectivity index (χ0n) is 11.5. The molecule has 0 aliphatic carbocycles. The van der Waals surface area contributed by atoms with Gasteiger partial charge in [0, 0.05) is 16.1 Å². The number of alkyl halides is 2. The van der Waals surface area contributed by atoms with Crippen molar-refractivity contribution in [3.05, 3.63) is 58.6 Å². The van der Waals surface area contributed by atoms with E-state index in [1.165, 1.54) is 24.3 Å². The lowest BCUT2D eigenvalue weighted by Crippen LogP contribution is -2.11. The first kappa shape index (κ1) is 15.3. The van der Waals surface area contributed by atoms with Gasteiger partial charge in [-0.25, -0.2) is 4.79 Å². The Bertz CT molecular complexity index is 903. The van der Waals surface area contributed by atoms with Crippen molar-refractivity contribution >= 4 is 34.5 Å². The van der Waals surface area contributed by atoms with Gasteiger partial charge in [-0.2, -0.15) is 8.78 Å². The minimum Gasteiger partial charge on any atom is -0.408 e. The number of rotatable bonds is 4. The van der Waals surface area contributed by atoms with Crippen LogP contribution >= 0.6 is 11.8 Å². The zero-order valence-corrected chi connectivity index (χ0v) is 12.3. The molecule has 23 heavy (non-hydrogen) atoms. The number of H-pyrrole nitrogens is 1. The van der Waals surface area contributed by atoms with Crippen molar-refractivity contribution in [2.75, 3.05) is 5.32 Å². The van der Waals surface area contributed by atoms with E-state index in [2.05, 4.69) is 10.3 Å². The molecule has 3 aromatic rings. The van der Waals surface area contributed by atoms with Crippen molar-refractivity contribution in [3.63, 3.8) is 0 Å².